The zero-order valence-electron chi connectivity index (χ0n) is 18.9. The number of rotatable bonds is 6. The number of carbonyl (C=O) groups is 2. The Morgan fingerprint density at radius 3 is 1.59 bits per heavy atom. The average Bonchev–Trinajstić information content (AvgIpc) is 2.60. The number of aryl methyl sites for hydroxylation is 6. The van der Waals surface area contributed by atoms with Crippen molar-refractivity contribution in [1.29, 1.82) is 0 Å². The maximum absolute atomic E-state index is 12.7. The zero-order valence-corrected chi connectivity index (χ0v) is 18.9. The predicted molar refractivity (Wildman–Crippen MR) is 121 cm³/mol. The Kier molecular flexibility index (Phi) is 7.20. The molecule has 0 bridgehead atoms. The number of carbonyl (C=O) groups excluding carboxylic acids is 2. The summed E-state index contributed by atoms with van der Waals surface area (Å²) >= 11 is 0. The monoisotopic (exact) mass is 395 g/mol. The van der Waals surface area contributed by atoms with Crippen LogP contribution in [0.5, 0.6) is 0 Å². The Balaban J connectivity index is 2.02. The molecule has 156 valence electrons. The van der Waals surface area contributed by atoms with Crippen LogP contribution in [0.25, 0.3) is 0 Å². The number of hydrogen-bond donors (Lipinski definition) is 2. The van der Waals surface area contributed by atoms with E-state index in [1.807, 2.05) is 48.5 Å². The first kappa shape index (κ1) is 22.6. The molecule has 0 fully saturated rings. The molecule has 2 N–H and O–H groups in total. The van der Waals surface area contributed by atoms with Crippen LogP contribution in [0, 0.1) is 41.5 Å². The minimum absolute atomic E-state index is 0.127. The largest absolute Gasteiger partial charge is 0.324 e. The van der Waals surface area contributed by atoms with Gasteiger partial charge in [0.1, 0.15) is 0 Å². The van der Waals surface area contributed by atoms with Crippen molar-refractivity contribution in [2.45, 2.75) is 54.5 Å². The van der Waals surface area contributed by atoms with Crippen LogP contribution in [0.15, 0.2) is 24.3 Å². The standard InChI is InChI=1S/C24H33N3O2/c1-14-9-16(3)22(17(4)10-14)25-21(28)13-27(8)20(7)24(29)26-23-18(5)11-15(2)12-19(23)6/h9-12,20H,13H2,1-8H3,(H,25,28)(H,26,29). The van der Waals surface area contributed by atoms with E-state index < -0.39 is 6.04 Å². The van der Waals surface area contributed by atoms with Crippen LogP contribution < -0.4 is 10.6 Å². The highest BCUT2D eigenvalue weighted by Gasteiger charge is 2.22. The molecule has 0 heterocycles. The van der Waals surface area contributed by atoms with Crippen molar-refractivity contribution in [2.75, 3.05) is 24.2 Å². The van der Waals surface area contributed by atoms with E-state index >= 15 is 0 Å². The molecule has 0 radical (unpaired) electrons. The fourth-order valence-electron chi connectivity index (χ4n) is 3.72. The van der Waals surface area contributed by atoms with Crippen molar-refractivity contribution in [3.63, 3.8) is 0 Å². The van der Waals surface area contributed by atoms with Crippen LogP contribution in [-0.2, 0) is 9.59 Å². The lowest BCUT2D eigenvalue weighted by Gasteiger charge is -2.24. The average molecular weight is 396 g/mol. The summed E-state index contributed by atoms with van der Waals surface area (Å²) in [6.07, 6.45) is 0. The Bertz CT molecular complexity index is 888. The molecule has 5 heteroatoms. The summed E-state index contributed by atoms with van der Waals surface area (Å²) in [5.41, 5.74) is 8.17. The van der Waals surface area contributed by atoms with Gasteiger partial charge in [-0.25, -0.2) is 0 Å². The summed E-state index contributed by atoms with van der Waals surface area (Å²) < 4.78 is 0. The molecule has 0 saturated heterocycles. The first-order valence-electron chi connectivity index (χ1n) is 9.96. The number of anilines is 2. The van der Waals surface area contributed by atoms with Gasteiger partial charge in [0.05, 0.1) is 12.6 Å². The second kappa shape index (κ2) is 9.23. The Labute approximate surface area is 174 Å². The van der Waals surface area contributed by atoms with Crippen LogP contribution in [0.4, 0.5) is 11.4 Å². The summed E-state index contributed by atoms with van der Waals surface area (Å²) in [6.45, 7) is 14.0. The number of benzene rings is 2. The summed E-state index contributed by atoms with van der Waals surface area (Å²) in [6, 6.07) is 7.76. The molecule has 0 spiro atoms. The van der Waals surface area contributed by atoms with E-state index in [1.54, 1.807) is 11.9 Å². The van der Waals surface area contributed by atoms with Crippen LogP contribution in [0.2, 0.25) is 0 Å². The molecule has 2 rings (SSSR count). The van der Waals surface area contributed by atoms with Crippen molar-refractivity contribution in [3.8, 4) is 0 Å². The quantitative estimate of drug-likeness (QED) is 0.760. The molecule has 1 unspecified atom stereocenters. The third-order valence-electron chi connectivity index (χ3n) is 5.30. The van der Waals surface area contributed by atoms with Crippen LogP contribution in [-0.4, -0.2) is 36.3 Å². The molecule has 1 atom stereocenters. The van der Waals surface area contributed by atoms with Gasteiger partial charge in [-0.15, -0.1) is 0 Å². The van der Waals surface area contributed by atoms with Gasteiger partial charge in [-0.05, 0) is 77.8 Å². The van der Waals surface area contributed by atoms with Crippen molar-refractivity contribution in [2.24, 2.45) is 0 Å². The van der Waals surface area contributed by atoms with Crippen molar-refractivity contribution in [3.05, 3.63) is 57.6 Å². The van der Waals surface area contributed by atoms with E-state index in [9.17, 15) is 9.59 Å². The SMILES string of the molecule is Cc1cc(C)c(NC(=O)CN(C)C(C)C(=O)Nc2c(C)cc(C)cc2C)c(C)c1. The number of likely N-dealkylation sites (N-methyl/N-ethyl adjacent to an activating group) is 1. The highest BCUT2D eigenvalue weighted by molar-refractivity contribution is 5.97. The Morgan fingerprint density at radius 1 is 0.793 bits per heavy atom. The van der Waals surface area contributed by atoms with Gasteiger partial charge in [0.25, 0.3) is 0 Å². The topological polar surface area (TPSA) is 61.4 Å². The fourth-order valence-corrected chi connectivity index (χ4v) is 3.72. The lowest BCUT2D eigenvalue weighted by Crippen LogP contribution is -2.43. The number of nitrogens with one attached hydrogen (secondary N) is 2. The van der Waals surface area contributed by atoms with E-state index in [2.05, 4.69) is 34.9 Å². The lowest BCUT2D eigenvalue weighted by atomic mass is 10.0. The predicted octanol–water partition coefficient (Wildman–Crippen LogP) is 4.43. The van der Waals surface area contributed by atoms with Gasteiger partial charge in [0.15, 0.2) is 0 Å². The molecular weight excluding hydrogens is 362 g/mol. The van der Waals surface area contributed by atoms with Gasteiger partial charge >= 0.3 is 0 Å². The molecule has 2 amide bonds. The van der Waals surface area contributed by atoms with E-state index in [0.717, 1.165) is 33.6 Å². The van der Waals surface area contributed by atoms with Gasteiger partial charge < -0.3 is 10.6 Å². The summed E-state index contributed by atoms with van der Waals surface area (Å²) in [5.74, 6) is -0.261. The van der Waals surface area contributed by atoms with Crippen molar-refractivity contribution >= 4 is 23.2 Å². The molecular formula is C24H33N3O2. The summed E-state index contributed by atoms with van der Waals surface area (Å²) in [5, 5.41) is 6.01. The van der Waals surface area contributed by atoms with Crippen LogP contribution in [0.1, 0.15) is 40.3 Å². The summed E-state index contributed by atoms with van der Waals surface area (Å²) in [4.78, 5) is 27.1. The van der Waals surface area contributed by atoms with Gasteiger partial charge in [-0.3, -0.25) is 14.5 Å². The third kappa shape index (κ3) is 5.67. The minimum atomic E-state index is -0.443. The van der Waals surface area contributed by atoms with Gasteiger partial charge in [-0.2, -0.15) is 0 Å². The van der Waals surface area contributed by atoms with Crippen LogP contribution in [0.3, 0.4) is 0 Å². The fraction of sp³-hybridized carbons (Fsp3) is 0.417. The second-order valence-electron chi connectivity index (χ2n) is 8.18. The minimum Gasteiger partial charge on any atom is -0.324 e. The number of amides is 2. The third-order valence-corrected chi connectivity index (χ3v) is 5.30. The lowest BCUT2D eigenvalue weighted by molar-refractivity contribution is -0.122. The zero-order chi connectivity index (χ0) is 21.9. The van der Waals surface area contributed by atoms with Crippen molar-refractivity contribution < 1.29 is 9.59 Å². The molecule has 2 aromatic rings. The molecule has 0 aliphatic heterocycles. The van der Waals surface area contributed by atoms with E-state index in [4.69, 9.17) is 0 Å². The first-order valence-corrected chi connectivity index (χ1v) is 9.96. The highest BCUT2D eigenvalue weighted by Crippen LogP contribution is 2.23. The first-order chi connectivity index (χ1) is 13.5. The normalized spacial score (nSPS) is 12.0. The Morgan fingerprint density at radius 2 is 1.17 bits per heavy atom. The maximum atomic E-state index is 12.7. The van der Waals surface area contributed by atoms with E-state index in [1.165, 1.54) is 11.1 Å². The Hall–Kier alpha value is -2.66. The summed E-state index contributed by atoms with van der Waals surface area (Å²) in [7, 11) is 1.79. The van der Waals surface area contributed by atoms with Gasteiger partial charge in [0, 0.05) is 11.4 Å². The molecule has 0 aliphatic rings. The van der Waals surface area contributed by atoms with Crippen molar-refractivity contribution in [1.82, 2.24) is 4.90 Å². The molecule has 5 nitrogen and oxygen atoms in total. The van der Waals surface area contributed by atoms with Gasteiger partial charge in [0.2, 0.25) is 11.8 Å². The molecule has 2 aromatic carbocycles. The number of hydrogen-bond acceptors (Lipinski definition) is 3. The van der Waals surface area contributed by atoms with Gasteiger partial charge in [-0.1, -0.05) is 35.4 Å². The number of nitrogens with zero attached hydrogens (tertiary/aromatic N) is 1. The molecule has 0 saturated carbocycles. The molecule has 0 aliphatic carbocycles. The highest BCUT2D eigenvalue weighted by atomic mass is 16.2. The van der Waals surface area contributed by atoms with E-state index in [-0.39, 0.29) is 18.4 Å². The smallest absolute Gasteiger partial charge is 0.241 e. The van der Waals surface area contributed by atoms with E-state index in [0.29, 0.717) is 0 Å². The maximum Gasteiger partial charge on any atom is 0.241 e. The van der Waals surface area contributed by atoms with Crippen LogP contribution >= 0.6 is 0 Å². The molecule has 29 heavy (non-hydrogen) atoms. The second-order valence-corrected chi connectivity index (χ2v) is 8.18. The molecule has 0 aromatic heterocycles.